The van der Waals surface area contributed by atoms with Crippen LogP contribution in [0.3, 0.4) is 0 Å². The molecule has 0 aliphatic carbocycles. The number of hydrogen-bond donors (Lipinski definition) is 3. The number of carbonyl (C=O) groups excluding carboxylic acids is 4. The summed E-state index contributed by atoms with van der Waals surface area (Å²) in [6.45, 7) is 14.1. The molecule has 0 aromatic heterocycles. The molecule has 93 heavy (non-hydrogen) atoms. The first-order valence-corrected chi connectivity index (χ1v) is 41.2. The highest BCUT2D eigenvalue weighted by atomic mass is 31.2. The molecule has 0 aromatic rings. The van der Waals surface area contributed by atoms with E-state index in [-0.39, 0.29) is 25.7 Å². The Bertz CT molecular complexity index is 1840. The van der Waals surface area contributed by atoms with Crippen molar-refractivity contribution < 1.29 is 80.2 Å². The molecule has 552 valence electrons. The number of phosphoric acid groups is 2. The maximum Gasteiger partial charge on any atom is 0.472 e. The van der Waals surface area contributed by atoms with Gasteiger partial charge in [0.05, 0.1) is 26.4 Å². The summed E-state index contributed by atoms with van der Waals surface area (Å²) in [5.41, 5.74) is 0. The van der Waals surface area contributed by atoms with Gasteiger partial charge in [0.1, 0.15) is 19.3 Å². The summed E-state index contributed by atoms with van der Waals surface area (Å²) in [5.74, 6) is 0.914. The quantitative estimate of drug-likeness (QED) is 0.0222. The predicted octanol–water partition coefficient (Wildman–Crippen LogP) is 21.3. The zero-order valence-corrected chi connectivity index (χ0v) is 62.7. The van der Waals surface area contributed by atoms with Crippen LogP contribution in [0.2, 0.25) is 0 Å². The summed E-state index contributed by atoms with van der Waals surface area (Å²) in [6, 6.07) is 0. The van der Waals surface area contributed by atoms with Crippen LogP contribution in [0.1, 0.15) is 370 Å². The van der Waals surface area contributed by atoms with Gasteiger partial charge in [-0.1, -0.05) is 319 Å². The molecule has 6 atom stereocenters. The lowest BCUT2D eigenvalue weighted by Gasteiger charge is -2.21. The molecule has 0 rings (SSSR count). The van der Waals surface area contributed by atoms with E-state index >= 15 is 0 Å². The Hall–Kier alpha value is -1.94. The average molecular weight is 1370 g/mol. The predicted molar refractivity (Wildman–Crippen MR) is 377 cm³/mol. The fourth-order valence-electron chi connectivity index (χ4n) is 11.2. The summed E-state index contributed by atoms with van der Waals surface area (Å²) < 4.78 is 68.4. The van der Waals surface area contributed by atoms with Crippen LogP contribution < -0.4 is 0 Å². The molecule has 0 heterocycles. The van der Waals surface area contributed by atoms with Gasteiger partial charge in [0, 0.05) is 25.7 Å². The largest absolute Gasteiger partial charge is 0.472 e. The summed E-state index contributed by atoms with van der Waals surface area (Å²) in [6.07, 6.45) is 47.3. The van der Waals surface area contributed by atoms with E-state index in [0.29, 0.717) is 31.6 Å². The highest BCUT2D eigenvalue weighted by Gasteiger charge is 2.30. The van der Waals surface area contributed by atoms with Crippen molar-refractivity contribution in [1.29, 1.82) is 0 Å². The minimum Gasteiger partial charge on any atom is -0.462 e. The number of ether oxygens (including phenoxy) is 4. The normalized spacial score (nSPS) is 14.5. The van der Waals surface area contributed by atoms with E-state index in [1.54, 1.807) is 0 Å². The molecule has 0 bridgehead atoms. The highest BCUT2D eigenvalue weighted by molar-refractivity contribution is 7.47. The standard InChI is InChI=1S/C74H144O17P2/c1-9-67(8)53-45-37-29-20-16-12-10-11-13-17-22-31-40-48-56-73(78)90-70(61-85-72(77)55-47-39-33-25-28-36-44-52-66(6)7)63-89-93(82,83)87-59-68(75)58-86-92(80,81)88-62-69(91-74(79)57-49-41-32-24-23-27-35-43-51-65(4)5)60-84-71(76)54-46-38-30-21-18-14-15-19-26-34-42-50-64(2)3/h64-70,75H,9-63H2,1-8H3,(H,80,81)(H,82,83)/t67?,68?,69-,70-/m1/s1. The molecule has 0 aliphatic rings. The van der Waals surface area contributed by atoms with Gasteiger partial charge in [0.15, 0.2) is 12.2 Å². The van der Waals surface area contributed by atoms with E-state index in [4.69, 9.17) is 37.0 Å². The Balaban J connectivity index is 5.22. The van der Waals surface area contributed by atoms with E-state index in [1.165, 1.54) is 167 Å². The van der Waals surface area contributed by atoms with Crippen LogP contribution in [0.4, 0.5) is 0 Å². The van der Waals surface area contributed by atoms with E-state index in [2.05, 4.69) is 55.4 Å². The molecule has 0 spiro atoms. The van der Waals surface area contributed by atoms with Gasteiger partial charge in [0.2, 0.25) is 0 Å². The molecule has 0 amide bonds. The van der Waals surface area contributed by atoms with Crippen LogP contribution in [-0.2, 0) is 65.4 Å². The van der Waals surface area contributed by atoms with Crippen molar-refractivity contribution >= 4 is 39.5 Å². The first kappa shape index (κ1) is 91.1. The van der Waals surface area contributed by atoms with Crippen LogP contribution in [0, 0.1) is 23.7 Å². The second kappa shape index (κ2) is 63.5. The van der Waals surface area contributed by atoms with Gasteiger partial charge in [-0.05, 0) is 49.4 Å². The molecule has 0 aliphatic heterocycles. The van der Waals surface area contributed by atoms with Gasteiger partial charge in [-0.15, -0.1) is 0 Å². The number of aliphatic hydroxyl groups excluding tert-OH is 1. The van der Waals surface area contributed by atoms with Gasteiger partial charge in [-0.2, -0.15) is 0 Å². The number of hydrogen-bond acceptors (Lipinski definition) is 15. The van der Waals surface area contributed by atoms with E-state index in [1.807, 2.05) is 0 Å². The maximum absolute atomic E-state index is 13.0. The average Bonchev–Trinajstić information content (AvgIpc) is 1.45. The number of carbonyl (C=O) groups is 4. The minimum absolute atomic E-state index is 0.104. The van der Waals surface area contributed by atoms with Crippen molar-refractivity contribution in [3.05, 3.63) is 0 Å². The highest BCUT2D eigenvalue weighted by Crippen LogP contribution is 2.45. The van der Waals surface area contributed by atoms with Gasteiger partial charge in [-0.3, -0.25) is 37.3 Å². The molecule has 3 N–H and O–H groups in total. The maximum atomic E-state index is 13.0. The van der Waals surface area contributed by atoms with Crippen LogP contribution in [-0.4, -0.2) is 96.7 Å². The topological polar surface area (TPSA) is 237 Å². The van der Waals surface area contributed by atoms with Crippen molar-refractivity contribution in [2.75, 3.05) is 39.6 Å². The van der Waals surface area contributed by atoms with Gasteiger partial charge >= 0.3 is 39.5 Å². The Morgan fingerprint density at radius 3 is 0.763 bits per heavy atom. The van der Waals surface area contributed by atoms with Gasteiger partial charge in [-0.25, -0.2) is 9.13 Å². The number of rotatable bonds is 71. The van der Waals surface area contributed by atoms with Crippen molar-refractivity contribution in [3.8, 4) is 0 Å². The summed E-state index contributed by atoms with van der Waals surface area (Å²) in [7, 11) is -9.91. The summed E-state index contributed by atoms with van der Waals surface area (Å²) in [5, 5.41) is 10.6. The van der Waals surface area contributed by atoms with Gasteiger partial charge in [0.25, 0.3) is 0 Å². The zero-order valence-electron chi connectivity index (χ0n) is 60.9. The van der Waals surface area contributed by atoms with Crippen LogP contribution >= 0.6 is 15.6 Å². The molecule has 0 saturated heterocycles. The van der Waals surface area contributed by atoms with E-state index in [0.717, 1.165) is 114 Å². The lowest BCUT2D eigenvalue weighted by molar-refractivity contribution is -0.161. The van der Waals surface area contributed by atoms with Gasteiger partial charge < -0.3 is 33.8 Å². The fraction of sp³-hybridized carbons (Fsp3) is 0.946. The molecular weight excluding hydrogens is 1220 g/mol. The SMILES string of the molecule is CCC(C)CCCCCCCCCCCCCCCCC(=O)O[C@H](COC(=O)CCCCCCCCCC(C)C)COP(=O)(O)OCC(O)COP(=O)(O)OC[C@@H](COC(=O)CCCCCCCCCCCCCC(C)C)OC(=O)CCCCCCCCCCC(C)C. The lowest BCUT2D eigenvalue weighted by Crippen LogP contribution is -2.30. The number of esters is 4. The Morgan fingerprint density at radius 2 is 0.516 bits per heavy atom. The Kier molecular flexibility index (Phi) is 62.2. The van der Waals surface area contributed by atoms with Crippen molar-refractivity contribution in [2.45, 2.75) is 388 Å². The second-order valence-corrected chi connectivity index (χ2v) is 31.3. The molecule has 17 nitrogen and oxygen atoms in total. The first-order chi connectivity index (χ1) is 44.6. The van der Waals surface area contributed by atoms with Crippen LogP contribution in [0.25, 0.3) is 0 Å². The Morgan fingerprint density at radius 1 is 0.301 bits per heavy atom. The number of unbranched alkanes of at least 4 members (excludes halogenated alkanes) is 36. The minimum atomic E-state index is -4.95. The smallest absolute Gasteiger partial charge is 0.462 e. The molecule has 0 saturated carbocycles. The number of aliphatic hydroxyl groups is 1. The first-order valence-electron chi connectivity index (χ1n) is 38.2. The summed E-state index contributed by atoms with van der Waals surface area (Å²) >= 11 is 0. The molecule has 0 fully saturated rings. The molecular formula is C74H144O17P2. The van der Waals surface area contributed by atoms with Crippen molar-refractivity contribution in [1.82, 2.24) is 0 Å². The number of phosphoric ester groups is 2. The second-order valence-electron chi connectivity index (χ2n) is 28.4. The zero-order chi connectivity index (χ0) is 68.9. The summed E-state index contributed by atoms with van der Waals surface area (Å²) in [4.78, 5) is 72.7. The molecule has 4 unspecified atom stereocenters. The molecule has 19 heteroatoms. The van der Waals surface area contributed by atoms with Crippen molar-refractivity contribution in [3.63, 3.8) is 0 Å². The van der Waals surface area contributed by atoms with E-state index in [9.17, 15) is 43.2 Å². The third kappa shape index (κ3) is 67.0. The Labute approximate surface area is 568 Å². The van der Waals surface area contributed by atoms with Crippen LogP contribution in [0.5, 0.6) is 0 Å². The van der Waals surface area contributed by atoms with Crippen molar-refractivity contribution in [2.24, 2.45) is 23.7 Å². The lowest BCUT2D eigenvalue weighted by atomic mass is 9.99. The fourth-order valence-corrected chi connectivity index (χ4v) is 12.7. The molecule has 0 radical (unpaired) electrons. The third-order valence-corrected chi connectivity index (χ3v) is 19.3. The third-order valence-electron chi connectivity index (χ3n) is 17.4. The van der Waals surface area contributed by atoms with Crippen LogP contribution in [0.15, 0.2) is 0 Å². The monoisotopic (exact) mass is 1370 g/mol. The molecule has 0 aromatic carbocycles. The van der Waals surface area contributed by atoms with E-state index < -0.39 is 97.5 Å².